The number of carbonyl (C=O) groups excluding carboxylic acids is 1. The van der Waals surface area contributed by atoms with Crippen molar-refractivity contribution in [3.05, 3.63) is 82.2 Å². The quantitative estimate of drug-likeness (QED) is 0.691. The average Bonchev–Trinajstić information content (AvgIpc) is 2.65. The molecule has 7 heteroatoms. The SMILES string of the molecule is CN(Cc1ccccc1)c1cnc(C(=O)Nc2c(Cl)cccc2Cl)cn1. The normalized spacial score (nSPS) is 10.4. The largest absolute Gasteiger partial charge is 0.354 e. The van der Waals surface area contributed by atoms with E-state index >= 15 is 0 Å². The first-order valence-electron chi connectivity index (χ1n) is 7.87. The van der Waals surface area contributed by atoms with Crippen LogP contribution in [0, 0.1) is 0 Å². The number of aromatic nitrogens is 2. The van der Waals surface area contributed by atoms with Crippen LogP contribution in [0.3, 0.4) is 0 Å². The predicted octanol–water partition coefficient (Wildman–Crippen LogP) is 4.67. The monoisotopic (exact) mass is 386 g/mol. The number of hydrogen-bond donors (Lipinski definition) is 1. The summed E-state index contributed by atoms with van der Waals surface area (Å²) in [5, 5.41) is 3.38. The Balaban J connectivity index is 1.70. The lowest BCUT2D eigenvalue weighted by Gasteiger charge is -2.18. The van der Waals surface area contributed by atoms with Gasteiger partial charge in [0.25, 0.3) is 5.91 Å². The molecule has 26 heavy (non-hydrogen) atoms. The Hall–Kier alpha value is -2.63. The molecular formula is C19H16Cl2N4O. The number of anilines is 2. The lowest BCUT2D eigenvalue weighted by molar-refractivity contribution is 0.102. The van der Waals surface area contributed by atoms with Gasteiger partial charge in [-0.15, -0.1) is 0 Å². The molecular weight excluding hydrogens is 371 g/mol. The number of amides is 1. The minimum Gasteiger partial charge on any atom is -0.354 e. The van der Waals surface area contributed by atoms with Gasteiger partial charge in [-0.1, -0.05) is 59.6 Å². The molecule has 5 nitrogen and oxygen atoms in total. The molecule has 0 bridgehead atoms. The molecule has 1 amide bonds. The van der Waals surface area contributed by atoms with Crippen LogP contribution in [0.5, 0.6) is 0 Å². The lowest BCUT2D eigenvalue weighted by Crippen LogP contribution is -2.19. The Labute approximate surface area is 161 Å². The second-order valence-corrected chi connectivity index (χ2v) is 6.47. The summed E-state index contributed by atoms with van der Waals surface area (Å²) >= 11 is 12.1. The third kappa shape index (κ3) is 4.31. The maximum atomic E-state index is 12.3. The molecule has 1 N–H and O–H groups in total. The summed E-state index contributed by atoms with van der Waals surface area (Å²) in [5.74, 6) is 0.242. The molecule has 1 aromatic heterocycles. The zero-order chi connectivity index (χ0) is 18.5. The molecule has 0 saturated carbocycles. The summed E-state index contributed by atoms with van der Waals surface area (Å²) in [6.45, 7) is 0.691. The predicted molar refractivity (Wildman–Crippen MR) is 105 cm³/mol. The number of nitrogens with zero attached hydrogens (tertiary/aromatic N) is 3. The fraction of sp³-hybridized carbons (Fsp3) is 0.105. The topological polar surface area (TPSA) is 58.1 Å². The summed E-state index contributed by atoms with van der Waals surface area (Å²) in [6.07, 6.45) is 2.99. The molecule has 0 atom stereocenters. The highest BCUT2D eigenvalue weighted by Crippen LogP contribution is 2.30. The Kier molecular flexibility index (Phi) is 5.71. The van der Waals surface area contributed by atoms with E-state index in [0.717, 1.165) is 5.56 Å². The highest BCUT2D eigenvalue weighted by Gasteiger charge is 2.14. The third-order valence-electron chi connectivity index (χ3n) is 3.73. The molecule has 0 aliphatic rings. The van der Waals surface area contributed by atoms with E-state index < -0.39 is 5.91 Å². The van der Waals surface area contributed by atoms with Crippen LogP contribution in [-0.4, -0.2) is 22.9 Å². The summed E-state index contributed by atoms with van der Waals surface area (Å²) in [6, 6.07) is 15.0. The fourth-order valence-electron chi connectivity index (χ4n) is 2.37. The molecule has 3 rings (SSSR count). The summed E-state index contributed by atoms with van der Waals surface area (Å²) in [5.41, 5.74) is 1.69. The van der Waals surface area contributed by atoms with E-state index in [2.05, 4.69) is 15.3 Å². The first-order chi connectivity index (χ1) is 12.5. The molecule has 0 unspecified atom stereocenters. The maximum absolute atomic E-state index is 12.3. The van der Waals surface area contributed by atoms with Crippen molar-refractivity contribution in [3.63, 3.8) is 0 Å². The number of halogens is 2. The van der Waals surface area contributed by atoms with Gasteiger partial charge in [0, 0.05) is 13.6 Å². The van der Waals surface area contributed by atoms with Crippen molar-refractivity contribution in [1.29, 1.82) is 0 Å². The van der Waals surface area contributed by atoms with Gasteiger partial charge in [0.05, 0.1) is 28.1 Å². The highest BCUT2D eigenvalue weighted by atomic mass is 35.5. The average molecular weight is 387 g/mol. The third-order valence-corrected chi connectivity index (χ3v) is 4.36. The van der Waals surface area contributed by atoms with Gasteiger partial charge in [0.15, 0.2) is 0 Å². The zero-order valence-electron chi connectivity index (χ0n) is 14.0. The van der Waals surface area contributed by atoms with E-state index in [-0.39, 0.29) is 5.69 Å². The summed E-state index contributed by atoms with van der Waals surface area (Å²) < 4.78 is 0. The van der Waals surface area contributed by atoms with Crippen molar-refractivity contribution in [2.45, 2.75) is 6.54 Å². The van der Waals surface area contributed by atoms with E-state index in [1.807, 2.05) is 42.3 Å². The lowest BCUT2D eigenvalue weighted by atomic mass is 10.2. The van der Waals surface area contributed by atoms with Gasteiger partial charge < -0.3 is 10.2 Å². The molecule has 0 aliphatic carbocycles. The van der Waals surface area contributed by atoms with Crippen molar-refractivity contribution >= 4 is 40.6 Å². The van der Waals surface area contributed by atoms with Crippen molar-refractivity contribution in [1.82, 2.24) is 9.97 Å². The van der Waals surface area contributed by atoms with E-state index in [4.69, 9.17) is 23.2 Å². The second-order valence-electron chi connectivity index (χ2n) is 5.65. The number of para-hydroxylation sites is 1. The second kappa shape index (κ2) is 8.17. The van der Waals surface area contributed by atoms with Crippen LogP contribution in [0.15, 0.2) is 60.9 Å². The molecule has 132 valence electrons. The molecule has 1 heterocycles. The summed E-state index contributed by atoms with van der Waals surface area (Å²) in [4.78, 5) is 22.8. The first-order valence-corrected chi connectivity index (χ1v) is 8.62. The van der Waals surface area contributed by atoms with Crippen LogP contribution in [0.4, 0.5) is 11.5 Å². The van der Waals surface area contributed by atoms with Crippen LogP contribution >= 0.6 is 23.2 Å². The molecule has 2 aromatic carbocycles. The molecule has 3 aromatic rings. The van der Waals surface area contributed by atoms with E-state index in [1.165, 1.54) is 6.20 Å². The first kappa shape index (κ1) is 18.2. The standard InChI is InChI=1S/C19H16Cl2N4O/c1-25(12-13-6-3-2-4-7-13)17-11-22-16(10-23-17)19(26)24-18-14(20)8-5-9-15(18)21/h2-11H,12H2,1H3,(H,24,26). The Morgan fingerprint density at radius 3 is 2.31 bits per heavy atom. The number of carbonyl (C=O) groups is 1. The van der Waals surface area contributed by atoms with Crippen molar-refractivity contribution in [2.24, 2.45) is 0 Å². The van der Waals surface area contributed by atoms with E-state index in [9.17, 15) is 4.79 Å². The van der Waals surface area contributed by atoms with Gasteiger partial charge in [0.1, 0.15) is 11.5 Å². The Morgan fingerprint density at radius 1 is 1.00 bits per heavy atom. The number of hydrogen-bond acceptors (Lipinski definition) is 4. The van der Waals surface area contributed by atoms with Gasteiger partial charge >= 0.3 is 0 Å². The van der Waals surface area contributed by atoms with Gasteiger partial charge in [-0.3, -0.25) is 4.79 Å². The smallest absolute Gasteiger partial charge is 0.275 e. The number of benzene rings is 2. The van der Waals surface area contributed by atoms with Gasteiger partial charge in [-0.25, -0.2) is 9.97 Å². The van der Waals surface area contributed by atoms with Crippen LogP contribution in [0.2, 0.25) is 10.0 Å². The number of nitrogens with one attached hydrogen (secondary N) is 1. The Bertz CT molecular complexity index is 881. The summed E-state index contributed by atoms with van der Waals surface area (Å²) in [7, 11) is 1.92. The van der Waals surface area contributed by atoms with Gasteiger partial charge in [0.2, 0.25) is 0 Å². The fourth-order valence-corrected chi connectivity index (χ4v) is 2.86. The molecule has 0 spiro atoms. The van der Waals surface area contributed by atoms with Crippen LogP contribution in [0.25, 0.3) is 0 Å². The van der Waals surface area contributed by atoms with Crippen molar-refractivity contribution in [2.75, 3.05) is 17.3 Å². The number of rotatable bonds is 5. The maximum Gasteiger partial charge on any atom is 0.275 e. The Morgan fingerprint density at radius 2 is 1.69 bits per heavy atom. The molecule has 0 aliphatic heterocycles. The molecule has 0 fully saturated rings. The van der Waals surface area contributed by atoms with E-state index in [0.29, 0.717) is 28.1 Å². The molecule has 0 radical (unpaired) electrons. The minimum atomic E-state index is -0.426. The van der Waals surface area contributed by atoms with Crippen LogP contribution in [0.1, 0.15) is 16.1 Å². The van der Waals surface area contributed by atoms with Crippen molar-refractivity contribution < 1.29 is 4.79 Å². The minimum absolute atomic E-state index is 0.179. The highest BCUT2D eigenvalue weighted by molar-refractivity contribution is 6.39. The van der Waals surface area contributed by atoms with Crippen molar-refractivity contribution in [3.8, 4) is 0 Å². The van der Waals surface area contributed by atoms with Crippen LogP contribution < -0.4 is 10.2 Å². The zero-order valence-corrected chi connectivity index (χ0v) is 15.5. The van der Waals surface area contributed by atoms with Gasteiger partial charge in [-0.2, -0.15) is 0 Å². The van der Waals surface area contributed by atoms with Gasteiger partial charge in [-0.05, 0) is 17.7 Å². The van der Waals surface area contributed by atoms with Crippen LogP contribution in [-0.2, 0) is 6.54 Å². The molecule has 0 saturated heterocycles. The van der Waals surface area contributed by atoms with E-state index in [1.54, 1.807) is 24.4 Å².